The second-order valence-electron chi connectivity index (χ2n) is 8.20. The van der Waals surface area contributed by atoms with Crippen LogP contribution in [0.3, 0.4) is 0 Å². The van der Waals surface area contributed by atoms with Crippen LogP contribution in [0, 0.1) is 6.92 Å². The molecule has 0 radical (unpaired) electrons. The number of rotatable bonds is 5. The number of anilines is 1. The molecule has 10 heteroatoms. The molecule has 4 rings (SSSR count). The first kappa shape index (κ1) is 22.2. The highest BCUT2D eigenvalue weighted by Crippen LogP contribution is 2.40. The van der Waals surface area contributed by atoms with Gasteiger partial charge in [-0.2, -0.15) is 13.2 Å². The molecule has 0 saturated heterocycles. The molecule has 2 atom stereocenters. The lowest BCUT2D eigenvalue weighted by Gasteiger charge is -2.39. The standard InChI is InChI=1S/C22H25F3N6O/c1-5-16-21-29-28-13(4)31(21)17-11-26-19(27-20(17)30(16)12(2)3)10-18(32)14-6-8-15(9-7-14)22(23,24)25/h6-9,11-12,16,18,32H,5,10H2,1-4H3. The molecular weight excluding hydrogens is 421 g/mol. The van der Waals surface area contributed by atoms with Gasteiger partial charge in [0.2, 0.25) is 0 Å². The fraction of sp³-hybridized carbons (Fsp3) is 0.455. The monoisotopic (exact) mass is 446 g/mol. The van der Waals surface area contributed by atoms with E-state index >= 15 is 0 Å². The van der Waals surface area contributed by atoms with E-state index in [2.05, 4.69) is 40.9 Å². The van der Waals surface area contributed by atoms with E-state index in [1.807, 2.05) is 11.5 Å². The molecule has 32 heavy (non-hydrogen) atoms. The minimum Gasteiger partial charge on any atom is -0.388 e. The number of aromatic nitrogens is 5. The Labute approximate surface area is 184 Å². The van der Waals surface area contributed by atoms with Crippen LogP contribution in [0.4, 0.5) is 19.0 Å². The maximum absolute atomic E-state index is 12.8. The molecule has 1 N–H and O–H groups in total. The Morgan fingerprint density at radius 3 is 2.41 bits per heavy atom. The molecule has 0 fully saturated rings. The maximum Gasteiger partial charge on any atom is 0.416 e. The molecule has 0 bridgehead atoms. The normalized spacial score (nSPS) is 16.8. The van der Waals surface area contributed by atoms with Gasteiger partial charge in [0.25, 0.3) is 0 Å². The van der Waals surface area contributed by atoms with E-state index in [-0.39, 0.29) is 18.5 Å². The number of fused-ring (bicyclic) bond motifs is 3. The van der Waals surface area contributed by atoms with Gasteiger partial charge in [0, 0.05) is 12.5 Å². The molecule has 0 amide bonds. The molecule has 3 aromatic rings. The second-order valence-corrected chi connectivity index (χ2v) is 8.20. The number of aliphatic hydroxyl groups is 1. The number of hydrogen-bond acceptors (Lipinski definition) is 6. The number of hydrogen-bond donors (Lipinski definition) is 1. The van der Waals surface area contributed by atoms with E-state index in [4.69, 9.17) is 4.98 Å². The highest BCUT2D eigenvalue weighted by atomic mass is 19.4. The lowest BCUT2D eigenvalue weighted by atomic mass is 10.0. The summed E-state index contributed by atoms with van der Waals surface area (Å²) < 4.78 is 40.4. The fourth-order valence-electron chi connectivity index (χ4n) is 4.18. The van der Waals surface area contributed by atoms with E-state index in [1.54, 1.807) is 6.20 Å². The van der Waals surface area contributed by atoms with Crippen LogP contribution >= 0.6 is 0 Å². The van der Waals surface area contributed by atoms with Crippen LogP contribution in [-0.4, -0.2) is 35.9 Å². The average molecular weight is 446 g/mol. The van der Waals surface area contributed by atoms with E-state index in [1.165, 1.54) is 12.1 Å². The zero-order valence-electron chi connectivity index (χ0n) is 18.3. The summed E-state index contributed by atoms with van der Waals surface area (Å²) in [6.07, 6.45) is -2.86. The van der Waals surface area contributed by atoms with E-state index in [0.717, 1.165) is 41.7 Å². The fourth-order valence-corrected chi connectivity index (χ4v) is 4.18. The first-order valence-electron chi connectivity index (χ1n) is 10.5. The third-order valence-electron chi connectivity index (χ3n) is 5.71. The summed E-state index contributed by atoms with van der Waals surface area (Å²) in [5, 5.41) is 19.2. The highest BCUT2D eigenvalue weighted by Gasteiger charge is 2.36. The summed E-state index contributed by atoms with van der Waals surface area (Å²) >= 11 is 0. The Morgan fingerprint density at radius 1 is 1.12 bits per heavy atom. The Balaban J connectivity index is 1.67. The minimum atomic E-state index is -4.42. The largest absolute Gasteiger partial charge is 0.416 e. The maximum atomic E-state index is 12.8. The van der Waals surface area contributed by atoms with Crippen LogP contribution in [0.1, 0.15) is 67.9 Å². The third-order valence-corrected chi connectivity index (χ3v) is 5.71. The van der Waals surface area contributed by atoms with Crippen molar-refractivity contribution < 1.29 is 18.3 Å². The minimum absolute atomic E-state index is 0.00807. The van der Waals surface area contributed by atoms with Gasteiger partial charge >= 0.3 is 6.18 Å². The quantitative estimate of drug-likeness (QED) is 0.628. The smallest absolute Gasteiger partial charge is 0.388 e. The van der Waals surface area contributed by atoms with E-state index in [9.17, 15) is 18.3 Å². The molecule has 7 nitrogen and oxygen atoms in total. The van der Waals surface area contributed by atoms with Crippen LogP contribution in [0.15, 0.2) is 30.5 Å². The van der Waals surface area contributed by atoms with Gasteiger partial charge in [0.05, 0.1) is 23.9 Å². The molecule has 0 aliphatic carbocycles. The average Bonchev–Trinajstić information content (AvgIpc) is 3.13. The number of alkyl halides is 3. The summed E-state index contributed by atoms with van der Waals surface area (Å²) in [6, 6.07) is 4.63. The molecule has 1 aliphatic heterocycles. The van der Waals surface area contributed by atoms with Crippen molar-refractivity contribution in [3.8, 4) is 5.69 Å². The van der Waals surface area contributed by atoms with Crippen LogP contribution in [0.25, 0.3) is 5.69 Å². The van der Waals surface area contributed by atoms with E-state index in [0.29, 0.717) is 11.4 Å². The van der Waals surface area contributed by atoms with Crippen LogP contribution in [-0.2, 0) is 12.6 Å². The van der Waals surface area contributed by atoms with Gasteiger partial charge in [-0.3, -0.25) is 4.57 Å². The van der Waals surface area contributed by atoms with Gasteiger partial charge in [-0.15, -0.1) is 10.2 Å². The Morgan fingerprint density at radius 2 is 1.81 bits per heavy atom. The lowest BCUT2D eigenvalue weighted by molar-refractivity contribution is -0.137. The first-order chi connectivity index (χ1) is 15.1. The number of aliphatic hydroxyl groups excluding tert-OH is 1. The zero-order chi connectivity index (χ0) is 23.2. The van der Waals surface area contributed by atoms with Crippen molar-refractivity contribution in [2.45, 2.75) is 64.9 Å². The molecule has 3 heterocycles. The predicted octanol–water partition coefficient (Wildman–Crippen LogP) is 4.34. The first-order valence-corrected chi connectivity index (χ1v) is 10.5. The molecule has 1 aromatic carbocycles. The Hall–Kier alpha value is -3.01. The van der Waals surface area contributed by atoms with Crippen molar-refractivity contribution in [3.63, 3.8) is 0 Å². The van der Waals surface area contributed by atoms with Crippen LogP contribution in [0.2, 0.25) is 0 Å². The highest BCUT2D eigenvalue weighted by molar-refractivity contribution is 5.62. The van der Waals surface area contributed by atoms with Gasteiger partial charge in [0.15, 0.2) is 11.6 Å². The van der Waals surface area contributed by atoms with Crippen molar-refractivity contribution in [2.24, 2.45) is 0 Å². The van der Waals surface area contributed by atoms with Crippen molar-refractivity contribution in [2.75, 3.05) is 4.90 Å². The van der Waals surface area contributed by atoms with Crippen LogP contribution < -0.4 is 4.90 Å². The molecule has 2 unspecified atom stereocenters. The lowest BCUT2D eigenvalue weighted by Crippen LogP contribution is -2.40. The molecule has 0 saturated carbocycles. The van der Waals surface area contributed by atoms with Crippen molar-refractivity contribution in [1.29, 1.82) is 0 Å². The number of halogens is 3. The van der Waals surface area contributed by atoms with Gasteiger partial charge in [-0.25, -0.2) is 9.97 Å². The van der Waals surface area contributed by atoms with Crippen LogP contribution in [0.5, 0.6) is 0 Å². The SMILES string of the molecule is CCC1c2nnc(C)n2-c2cnc(CC(O)c3ccc(C(F)(F)F)cc3)nc2N1C(C)C. The van der Waals surface area contributed by atoms with Gasteiger partial charge in [0.1, 0.15) is 17.3 Å². The molecule has 2 aromatic heterocycles. The Bertz CT molecular complexity index is 1110. The summed E-state index contributed by atoms with van der Waals surface area (Å²) in [5.74, 6) is 2.72. The second kappa shape index (κ2) is 8.16. The van der Waals surface area contributed by atoms with Crippen molar-refractivity contribution in [1.82, 2.24) is 24.7 Å². The summed E-state index contributed by atoms with van der Waals surface area (Å²) in [6.45, 7) is 8.10. The molecular formula is C22H25F3N6O. The summed E-state index contributed by atoms with van der Waals surface area (Å²) in [4.78, 5) is 11.4. The zero-order valence-corrected chi connectivity index (χ0v) is 18.3. The molecule has 0 spiro atoms. The van der Waals surface area contributed by atoms with Gasteiger partial charge in [-0.1, -0.05) is 19.1 Å². The third kappa shape index (κ3) is 3.83. The molecule has 1 aliphatic rings. The summed E-state index contributed by atoms with van der Waals surface area (Å²) in [7, 11) is 0. The van der Waals surface area contributed by atoms with Gasteiger partial charge in [-0.05, 0) is 44.9 Å². The van der Waals surface area contributed by atoms with Crippen molar-refractivity contribution >= 4 is 5.82 Å². The van der Waals surface area contributed by atoms with Crippen molar-refractivity contribution in [3.05, 3.63) is 59.1 Å². The molecule has 170 valence electrons. The van der Waals surface area contributed by atoms with E-state index < -0.39 is 17.8 Å². The summed E-state index contributed by atoms with van der Waals surface area (Å²) in [5.41, 5.74) is 0.397. The number of nitrogens with zero attached hydrogens (tertiary/aromatic N) is 6. The number of benzene rings is 1. The predicted molar refractivity (Wildman–Crippen MR) is 112 cm³/mol. The Kier molecular flexibility index (Phi) is 5.66. The topological polar surface area (TPSA) is 80.0 Å². The van der Waals surface area contributed by atoms with Gasteiger partial charge < -0.3 is 10.0 Å². The number of aryl methyl sites for hydroxylation is 1.